The van der Waals surface area contributed by atoms with Crippen molar-refractivity contribution in [2.45, 2.75) is 20.4 Å². The molecule has 0 aliphatic heterocycles. The molecule has 0 spiro atoms. The third kappa shape index (κ3) is 4.37. The Morgan fingerprint density at radius 2 is 2.31 bits per heavy atom. The summed E-state index contributed by atoms with van der Waals surface area (Å²) in [5, 5.41) is 0. The fourth-order valence-electron chi connectivity index (χ4n) is 1.15. The summed E-state index contributed by atoms with van der Waals surface area (Å²) in [5.41, 5.74) is 2.58. The Kier molecular flexibility index (Phi) is 5.17. The van der Waals surface area contributed by atoms with Gasteiger partial charge in [0.1, 0.15) is 0 Å². The Morgan fingerprint density at radius 3 is 2.81 bits per heavy atom. The summed E-state index contributed by atoms with van der Waals surface area (Å²) >= 11 is 7.03. The summed E-state index contributed by atoms with van der Waals surface area (Å²) in [7, 11) is -3.24. The molecule has 0 aliphatic carbocycles. The van der Waals surface area contributed by atoms with Gasteiger partial charge in [-0.25, -0.2) is 18.1 Å². The Morgan fingerprint density at radius 1 is 1.62 bits per heavy atom. The molecule has 0 amide bonds. The van der Waals surface area contributed by atoms with Gasteiger partial charge in [0.2, 0.25) is 10.0 Å². The monoisotopic (exact) mass is 282 g/mol. The number of alkyl halides is 1. The van der Waals surface area contributed by atoms with E-state index in [1.54, 1.807) is 5.51 Å². The highest BCUT2D eigenvalue weighted by Gasteiger charge is 2.15. The number of nitrogens with one attached hydrogen (secondary N) is 1. The van der Waals surface area contributed by atoms with Crippen LogP contribution in [-0.4, -0.2) is 25.0 Å². The molecule has 0 aromatic carbocycles. The largest absolute Gasteiger partial charge is 0.250 e. The lowest BCUT2D eigenvalue weighted by Crippen LogP contribution is -2.29. The average Bonchev–Trinajstić information content (AvgIpc) is 2.60. The second kappa shape index (κ2) is 5.95. The zero-order valence-electron chi connectivity index (χ0n) is 9.23. The first-order valence-corrected chi connectivity index (χ1v) is 7.93. The number of hydrogen-bond acceptors (Lipinski definition) is 4. The van der Waals surface area contributed by atoms with Crippen molar-refractivity contribution in [3.05, 3.63) is 16.1 Å². The highest BCUT2D eigenvalue weighted by Crippen LogP contribution is 2.12. The first-order chi connectivity index (χ1) is 7.44. The molecular formula is C9H15ClN2O2S2. The van der Waals surface area contributed by atoms with E-state index in [0.29, 0.717) is 12.4 Å². The van der Waals surface area contributed by atoms with Gasteiger partial charge in [0.15, 0.2) is 0 Å². The van der Waals surface area contributed by atoms with Crippen molar-refractivity contribution in [1.29, 1.82) is 0 Å². The lowest BCUT2D eigenvalue weighted by atomic mass is 10.3. The van der Waals surface area contributed by atoms with E-state index < -0.39 is 10.0 Å². The van der Waals surface area contributed by atoms with Gasteiger partial charge in [-0.2, -0.15) is 0 Å². The maximum Gasteiger partial charge on any atom is 0.212 e. The molecule has 1 heterocycles. The van der Waals surface area contributed by atoms with E-state index in [1.807, 2.05) is 13.8 Å². The minimum absolute atomic E-state index is 0.0401. The lowest BCUT2D eigenvalue weighted by molar-refractivity contribution is 0.569. The van der Waals surface area contributed by atoms with Crippen LogP contribution in [0.3, 0.4) is 0 Å². The maximum atomic E-state index is 11.6. The van der Waals surface area contributed by atoms with Crippen molar-refractivity contribution in [3.8, 4) is 0 Å². The van der Waals surface area contributed by atoms with E-state index in [1.165, 1.54) is 11.3 Å². The number of rotatable bonds is 6. The van der Waals surface area contributed by atoms with Crippen molar-refractivity contribution < 1.29 is 8.42 Å². The molecule has 1 atom stereocenters. The smallest absolute Gasteiger partial charge is 0.212 e. The zero-order valence-corrected chi connectivity index (χ0v) is 11.6. The molecule has 92 valence electrons. The van der Waals surface area contributed by atoms with Crippen molar-refractivity contribution in [2.75, 3.05) is 11.6 Å². The van der Waals surface area contributed by atoms with Crippen molar-refractivity contribution in [2.24, 2.45) is 5.92 Å². The summed E-state index contributed by atoms with van der Waals surface area (Å²) in [4.78, 5) is 5.00. The van der Waals surface area contributed by atoms with E-state index in [4.69, 9.17) is 11.6 Å². The standard InChI is InChI=1S/C9H15ClN2O2S2/c1-7(3-10)5-16(13,14)12-4-9-8(2)11-6-15-9/h6-7,12H,3-5H2,1-2H3. The molecule has 1 rings (SSSR count). The molecule has 0 bridgehead atoms. The van der Waals surface area contributed by atoms with Crippen LogP contribution in [0.25, 0.3) is 0 Å². The Hall–Kier alpha value is -0.170. The van der Waals surface area contributed by atoms with E-state index in [9.17, 15) is 8.42 Å². The van der Waals surface area contributed by atoms with Crippen LogP contribution in [0, 0.1) is 12.8 Å². The normalized spacial score (nSPS) is 13.9. The van der Waals surface area contributed by atoms with Gasteiger partial charge < -0.3 is 0 Å². The van der Waals surface area contributed by atoms with Crippen LogP contribution in [0.4, 0.5) is 0 Å². The summed E-state index contributed by atoms with van der Waals surface area (Å²) in [6.07, 6.45) is 0. The average molecular weight is 283 g/mol. The number of hydrogen-bond donors (Lipinski definition) is 1. The fourth-order valence-corrected chi connectivity index (χ4v) is 3.55. The first-order valence-electron chi connectivity index (χ1n) is 4.87. The minimum Gasteiger partial charge on any atom is -0.250 e. The molecule has 0 saturated heterocycles. The molecule has 0 saturated carbocycles. The van der Waals surface area contributed by atoms with Gasteiger partial charge in [-0.05, 0) is 12.8 Å². The topological polar surface area (TPSA) is 59.1 Å². The third-order valence-electron chi connectivity index (χ3n) is 2.06. The van der Waals surface area contributed by atoms with Gasteiger partial charge in [0.25, 0.3) is 0 Å². The minimum atomic E-state index is -3.24. The SMILES string of the molecule is Cc1ncsc1CNS(=O)(=O)CC(C)CCl. The van der Waals surface area contributed by atoms with Crippen molar-refractivity contribution in [1.82, 2.24) is 9.71 Å². The Balaban J connectivity index is 2.52. The molecule has 0 aliphatic rings. The van der Waals surface area contributed by atoms with Crippen molar-refractivity contribution in [3.63, 3.8) is 0 Å². The molecular weight excluding hydrogens is 268 g/mol. The van der Waals surface area contributed by atoms with Crippen LogP contribution in [0.2, 0.25) is 0 Å². The number of thiazole rings is 1. The number of nitrogens with zero attached hydrogens (tertiary/aromatic N) is 1. The summed E-state index contributed by atoms with van der Waals surface area (Å²) in [5.74, 6) is 0.371. The third-order valence-corrected chi connectivity index (χ3v) is 5.12. The molecule has 4 nitrogen and oxygen atoms in total. The highest BCUT2D eigenvalue weighted by molar-refractivity contribution is 7.89. The van der Waals surface area contributed by atoms with Crippen LogP contribution in [0.5, 0.6) is 0 Å². The predicted molar refractivity (Wildman–Crippen MR) is 67.4 cm³/mol. The number of aromatic nitrogens is 1. The van der Waals surface area contributed by atoms with Gasteiger partial charge in [0, 0.05) is 17.3 Å². The van der Waals surface area contributed by atoms with Gasteiger partial charge in [-0.15, -0.1) is 22.9 Å². The summed E-state index contributed by atoms with van der Waals surface area (Å²) < 4.78 is 25.8. The quantitative estimate of drug-likeness (QED) is 0.809. The van der Waals surface area contributed by atoms with Gasteiger partial charge in [-0.1, -0.05) is 6.92 Å². The number of halogens is 1. The summed E-state index contributed by atoms with van der Waals surface area (Å²) in [6, 6.07) is 0. The molecule has 1 N–H and O–H groups in total. The van der Waals surface area contributed by atoms with Crippen LogP contribution >= 0.6 is 22.9 Å². The van der Waals surface area contributed by atoms with Crippen LogP contribution in [0.1, 0.15) is 17.5 Å². The fraction of sp³-hybridized carbons (Fsp3) is 0.667. The van der Waals surface area contributed by atoms with Crippen LogP contribution in [-0.2, 0) is 16.6 Å². The maximum absolute atomic E-state index is 11.6. The molecule has 1 unspecified atom stereocenters. The van der Waals surface area contributed by atoms with Crippen LogP contribution < -0.4 is 4.72 Å². The van der Waals surface area contributed by atoms with E-state index in [-0.39, 0.29) is 11.7 Å². The molecule has 1 aromatic heterocycles. The zero-order chi connectivity index (χ0) is 12.2. The molecule has 7 heteroatoms. The van der Waals surface area contributed by atoms with Crippen LogP contribution in [0.15, 0.2) is 5.51 Å². The summed E-state index contributed by atoms with van der Waals surface area (Å²) in [6.45, 7) is 3.99. The van der Waals surface area contributed by atoms with Crippen molar-refractivity contribution >= 4 is 33.0 Å². The Labute approximate surface area is 105 Å². The van der Waals surface area contributed by atoms with Gasteiger partial charge >= 0.3 is 0 Å². The molecule has 16 heavy (non-hydrogen) atoms. The molecule has 1 aromatic rings. The van der Waals surface area contributed by atoms with Gasteiger partial charge in [0.05, 0.1) is 17.0 Å². The predicted octanol–water partition coefficient (Wildman–Crippen LogP) is 1.75. The lowest BCUT2D eigenvalue weighted by Gasteiger charge is -2.09. The highest BCUT2D eigenvalue weighted by atomic mass is 35.5. The Bertz CT molecular complexity index is 430. The van der Waals surface area contributed by atoms with Gasteiger partial charge in [-0.3, -0.25) is 0 Å². The molecule has 0 radical (unpaired) electrons. The second-order valence-electron chi connectivity index (χ2n) is 3.72. The van der Waals surface area contributed by atoms with E-state index >= 15 is 0 Å². The van der Waals surface area contributed by atoms with E-state index in [0.717, 1.165) is 10.6 Å². The second-order valence-corrected chi connectivity index (χ2v) is 6.82. The van der Waals surface area contributed by atoms with E-state index in [2.05, 4.69) is 9.71 Å². The molecule has 0 fully saturated rings. The number of sulfonamides is 1. The first kappa shape index (κ1) is 13.9. The number of aryl methyl sites for hydroxylation is 1.